The maximum atomic E-state index is 5.49. The van der Waals surface area contributed by atoms with Crippen LogP contribution in [0.15, 0.2) is 59.7 Å². The van der Waals surface area contributed by atoms with Crippen LogP contribution in [-0.2, 0) is 0 Å². The molecule has 5 rings (SSSR count). The second-order valence-electron chi connectivity index (χ2n) is 7.21. The molecule has 152 valence electrons. The van der Waals surface area contributed by atoms with Gasteiger partial charge in [-0.15, -0.1) is 11.3 Å². The number of rotatable bonds is 5. The topological polar surface area (TPSA) is 52.1 Å². The van der Waals surface area contributed by atoms with Crippen LogP contribution in [0.4, 0.5) is 0 Å². The summed E-state index contributed by atoms with van der Waals surface area (Å²) >= 11 is 1.83. The predicted octanol–water partition coefficient (Wildman–Crippen LogP) is 5.52. The minimum Gasteiger partial charge on any atom is -0.493 e. The number of ether oxygens (including phenoxy) is 3. The summed E-state index contributed by atoms with van der Waals surface area (Å²) in [6.07, 6.45) is 0.784. The van der Waals surface area contributed by atoms with Gasteiger partial charge in [-0.25, -0.2) is 0 Å². The van der Waals surface area contributed by atoms with Crippen LogP contribution in [0.25, 0.3) is 20.2 Å². The molecule has 1 aliphatic rings. The number of hydrogen-bond acceptors (Lipinski definition) is 6. The normalized spacial score (nSPS) is 15.8. The molecule has 5 nitrogen and oxygen atoms in total. The van der Waals surface area contributed by atoms with Crippen LogP contribution < -0.4 is 19.6 Å². The monoisotopic (exact) mass is 418 g/mol. The molecular weight excluding hydrogens is 396 g/mol. The van der Waals surface area contributed by atoms with Crippen LogP contribution in [0.5, 0.6) is 17.2 Å². The molecule has 30 heavy (non-hydrogen) atoms. The lowest BCUT2D eigenvalue weighted by atomic mass is 9.97. The van der Waals surface area contributed by atoms with Gasteiger partial charge in [-0.2, -0.15) is 5.10 Å². The SMILES string of the molecule is COc1cc(C2=NNC(c3ccc4sc5ccccc5c4c3)C2)cc(OC)c1OC. The molecule has 0 saturated heterocycles. The van der Waals surface area contributed by atoms with E-state index in [0.29, 0.717) is 17.2 Å². The summed E-state index contributed by atoms with van der Waals surface area (Å²) in [5, 5.41) is 7.23. The first-order valence-corrected chi connectivity index (χ1v) is 10.6. The van der Waals surface area contributed by atoms with Crippen molar-refractivity contribution in [2.24, 2.45) is 5.10 Å². The summed E-state index contributed by atoms with van der Waals surface area (Å²) in [4.78, 5) is 0. The molecule has 0 saturated carbocycles. The smallest absolute Gasteiger partial charge is 0.203 e. The third-order valence-corrected chi connectivity index (χ3v) is 6.71. The van der Waals surface area contributed by atoms with Crippen molar-refractivity contribution in [2.45, 2.75) is 12.5 Å². The molecular formula is C24H22N2O3S. The Bertz CT molecular complexity index is 1250. The van der Waals surface area contributed by atoms with Gasteiger partial charge in [-0.05, 0) is 35.9 Å². The largest absolute Gasteiger partial charge is 0.493 e. The molecule has 4 aromatic rings. The molecule has 1 unspecified atom stereocenters. The van der Waals surface area contributed by atoms with E-state index in [-0.39, 0.29) is 6.04 Å². The van der Waals surface area contributed by atoms with Gasteiger partial charge in [0.1, 0.15) is 0 Å². The number of benzene rings is 3. The first kappa shape index (κ1) is 18.8. The molecule has 0 aliphatic carbocycles. The lowest BCUT2D eigenvalue weighted by Gasteiger charge is -2.14. The molecule has 0 amide bonds. The van der Waals surface area contributed by atoms with Crippen LogP contribution in [0.3, 0.4) is 0 Å². The van der Waals surface area contributed by atoms with Crippen LogP contribution >= 0.6 is 11.3 Å². The van der Waals surface area contributed by atoms with E-state index in [0.717, 1.165) is 17.7 Å². The second-order valence-corrected chi connectivity index (χ2v) is 8.30. The lowest BCUT2D eigenvalue weighted by Crippen LogP contribution is -2.09. The highest BCUT2D eigenvalue weighted by Crippen LogP contribution is 2.40. The van der Waals surface area contributed by atoms with E-state index in [2.05, 4.69) is 53.0 Å². The number of nitrogens with one attached hydrogen (secondary N) is 1. The summed E-state index contributed by atoms with van der Waals surface area (Å²) in [5.41, 5.74) is 6.47. The molecule has 1 N–H and O–H groups in total. The van der Waals surface area contributed by atoms with E-state index < -0.39 is 0 Å². The number of hydrogen-bond donors (Lipinski definition) is 1. The van der Waals surface area contributed by atoms with E-state index in [1.807, 2.05) is 23.5 Å². The summed E-state index contributed by atoms with van der Waals surface area (Å²) in [6.45, 7) is 0. The quantitative estimate of drug-likeness (QED) is 0.464. The van der Waals surface area contributed by atoms with Gasteiger partial charge >= 0.3 is 0 Å². The van der Waals surface area contributed by atoms with E-state index in [4.69, 9.17) is 14.2 Å². The summed E-state index contributed by atoms with van der Waals surface area (Å²) in [6, 6.07) is 19.3. The van der Waals surface area contributed by atoms with Crippen molar-refractivity contribution in [3.8, 4) is 17.2 Å². The highest BCUT2D eigenvalue weighted by molar-refractivity contribution is 7.25. The predicted molar refractivity (Wildman–Crippen MR) is 122 cm³/mol. The van der Waals surface area contributed by atoms with Gasteiger partial charge < -0.3 is 19.6 Å². The van der Waals surface area contributed by atoms with E-state index in [1.54, 1.807) is 21.3 Å². The zero-order chi connectivity index (χ0) is 20.7. The van der Waals surface area contributed by atoms with Crippen LogP contribution in [0, 0.1) is 0 Å². The Morgan fingerprint density at radius 1 is 0.867 bits per heavy atom. The van der Waals surface area contributed by atoms with Crippen LogP contribution in [0.1, 0.15) is 23.6 Å². The molecule has 6 heteroatoms. The van der Waals surface area contributed by atoms with Crippen molar-refractivity contribution < 1.29 is 14.2 Å². The Morgan fingerprint density at radius 2 is 1.60 bits per heavy atom. The zero-order valence-corrected chi connectivity index (χ0v) is 17.9. The lowest BCUT2D eigenvalue weighted by molar-refractivity contribution is 0.324. The van der Waals surface area contributed by atoms with Gasteiger partial charge in [-0.3, -0.25) is 0 Å². The average Bonchev–Trinajstić information content (AvgIpc) is 3.42. The molecule has 1 aliphatic heterocycles. The van der Waals surface area contributed by atoms with Gasteiger partial charge in [0.2, 0.25) is 5.75 Å². The fourth-order valence-corrected chi connectivity index (χ4v) is 5.11. The Hall–Kier alpha value is -3.25. The molecule has 0 radical (unpaired) electrons. The summed E-state index contributed by atoms with van der Waals surface area (Å²) in [7, 11) is 4.85. The van der Waals surface area contributed by atoms with Crippen molar-refractivity contribution in [2.75, 3.05) is 21.3 Å². The first-order valence-electron chi connectivity index (χ1n) is 9.75. The minimum absolute atomic E-state index is 0.127. The molecule has 1 atom stereocenters. The molecule has 2 heterocycles. The Labute approximate surface area is 178 Å². The summed E-state index contributed by atoms with van der Waals surface area (Å²) < 4.78 is 19.0. The van der Waals surface area contributed by atoms with Crippen LogP contribution in [0.2, 0.25) is 0 Å². The second kappa shape index (κ2) is 7.54. The van der Waals surface area contributed by atoms with Crippen molar-refractivity contribution in [3.05, 3.63) is 65.7 Å². The number of thiophene rings is 1. The Kier molecular flexibility index (Phi) is 4.71. The highest BCUT2D eigenvalue weighted by Gasteiger charge is 2.24. The van der Waals surface area contributed by atoms with Gasteiger partial charge in [0, 0.05) is 32.2 Å². The molecule has 0 bridgehead atoms. The molecule has 1 aromatic heterocycles. The zero-order valence-electron chi connectivity index (χ0n) is 17.1. The standard InChI is InChI=1S/C24H22N2O3S/c1-27-20-11-15(12-21(28-2)24(20)29-3)19-13-18(25-26-19)14-8-9-23-17(10-14)16-6-4-5-7-22(16)30-23/h4-12,18,25H,13H2,1-3H3. The number of methoxy groups -OCH3 is 3. The molecule has 0 fully saturated rings. The van der Waals surface area contributed by atoms with E-state index in [1.165, 1.54) is 25.7 Å². The van der Waals surface area contributed by atoms with Crippen molar-refractivity contribution in [1.82, 2.24) is 5.43 Å². The van der Waals surface area contributed by atoms with Crippen molar-refractivity contribution >= 4 is 37.2 Å². The Balaban J connectivity index is 1.46. The number of fused-ring (bicyclic) bond motifs is 3. The third-order valence-electron chi connectivity index (χ3n) is 5.55. The number of hydrazone groups is 1. The fraction of sp³-hybridized carbons (Fsp3) is 0.208. The third kappa shape index (κ3) is 3.04. The number of nitrogens with zero attached hydrogens (tertiary/aromatic N) is 1. The van der Waals surface area contributed by atoms with Gasteiger partial charge in [0.25, 0.3) is 0 Å². The first-order chi connectivity index (χ1) is 14.7. The van der Waals surface area contributed by atoms with Gasteiger partial charge in [0.05, 0.1) is 33.1 Å². The van der Waals surface area contributed by atoms with Crippen molar-refractivity contribution in [1.29, 1.82) is 0 Å². The van der Waals surface area contributed by atoms with Gasteiger partial charge in [0.15, 0.2) is 11.5 Å². The average molecular weight is 419 g/mol. The highest BCUT2D eigenvalue weighted by atomic mass is 32.1. The van der Waals surface area contributed by atoms with Crippen molar-refractivity contribution in [3.63, 3.8) is 0 Å². The van der Waals surface area contributed by atoms with E-state index >= 15 is 0 Å². The van der Waals surface area contributed by atoms with Crippen LogP contribution in [-0.4, -0.2) is 27.0 Å². The molecule has 0 spiro atoms. The maximum absolute atomic E-state index is 5.49. The van der Waals surface area contributed by atoms with E-state index in [9.17, 15) is 0 Å². The Morgan fingerprint density at radius 3 is 2.33 bits per heavy atom. The maximum Gasteiger partial charge on any atom is 0.203 e. The minimum atomic E-state index is 0.127. The fourth-order valence-electron chi connectivity index (χ4n) is 4.02. The molecule has 3 aromatic carbocycles. The summed E-state index contributed by atoms with van der Waals surface area (Å²) in [5.74, 6) is 1.84. The van der Waals surface area contributed by atoms with Gasteiger partial charge in [-0.1, -0.05) is 24.3 Å².